The molecule has 0 spiro atoms. The van der Waals surface area contributed by atoms with E-state index >= 15 is 0 Å². The molecule has 0 bridgehead atoms. The molecule has 1 aromatic carbocycles. The van der Waals surface area contributed by atoms with Gasteiger partial charge in [0.05, 0.1) is 13.7 Å². The zero-order valence-corrected chi connectivity index (χ0v) is 33.0. The minimum Gasteiger partial charge on any atom is -0.493 e. The van der Waals surface area contributed by atoms with Gasteiger partial charge in [-0.2, -0.15) is 0 Å². The minimum absolute atomic E-state index is 0.229. The number of likely N-dealkylation sites (tertiary alicyclic amines) is 1. The fraction of sp³-hybridized carbons (Fsp3) is 0.575. The van der Waals surface area contributed by atoms with Crippen LogP contribution in [0.1, 0.15) is 96.4 Å². The van der Waals surface area contributed by atoms with Gasteiger partial charge in [-0.1, -0.05) is 64.3 Å². The van der Waals surface area contributed by atoms with E-state index in [1.807, 2.05) is 33.3 Å². The van der Waals surface area contributed by atoms with Gasteiger partial charge >= 0.3 is 5.30 Å². The highest BCUT2D eigenvalue weighted by molar-refractivity contribution is 8.12. The van der Waals surface area contributed by atoms with Crippen molar-refractivity contribution in [2.75, 3.05) is 46.8 Å². The van der Waals surface area contributed by atoms with E-state index in [2.05, 4.69) is 76.7 Å². The van der Waals surface area contributed by atoms with E-state index in [1.54, 1.807) is 7.11 Å². The Morgan fingerprint density at radius 2 is 1.98 bits per heavy atom. The molecule has 3 heterocycles. The number of thioether (sulfide) groups is 1. The number of benzene rings is 1. The lowest BCUT2D eigenvalue weighted by Crippen LogP contribution is -2.38. The standard InChI is InChI=1S/C22H29N3O4.C14H23N.C2H4O2S.C2H6/c1-24-9-8-23-21(24)7-6-18-5-3-4-16(14-25(18)10-11-26)17-12-19(27-2)22-20(13-17)28-15-29-22;1-4-6-12-15(3)14-9-7-8-13(5-2)10-11-14;1-5-2(3)4;1-2/h8-9,11-13,16,18H,3-7,10,14-15H2,1-2H3;7-9,11H,4-6,10,12H2,1-3H3;1H3,(H,3,4);1-2H3. The summed E-state index contributed by atoms with van der Waals surface area (Å²) in [5.74, 6) is 3.57. The predicted octanol–water partition coefficient (Wildman–Crippen LogP) is 8.88. The maximum atomic E-state index is 11.4. The van der Waals surface area contributed by atoms with Crippen LogP contribution in [0.15, 0.2) is 60.1 Å². The van der Waals surface area contributed by atoms with Crippen LogP contribution < -0.4 is 14.2 Å². The lowest BCUT2D eigenvalue weighted by Gasteiger charge is -2.30. The molecule has 2 atom stereocenters. The van der Waals surface area contributed by atoms with E-state index in [4.69, 9.17) is 19.3 Å². The molecular weight excluding hydrogens is 665 g/mol. The van der Waals surface area contributed by atoms with E-state index in [0.29, 0.717) is 30.0 Å². The van der Waals surface area contributed by atoms with Crippen molar-refractivity contribution in [2.45, 2.75) is 97.4 Å². The number of imidazole rings is 1. The quantitative estimate of drug-likeness (QED) is 0.213. The zero-order valence-electron chi connectivity index (χ0n) is 32.2. The number of unbranched alkanes of at least 4 members (excludes halogenated alkanes) is 1. The number of ether oxygens (including phenoxy) is 3. The second kappa shape index (κ2) is 24.5. The Kier molecular flexibility index (Phi) is 20.9. The molecular formula is C40H62N4O6S. The Morgan fingerprint density at radius 1 is 1.22 bits per heavy atom. The van der Waals surface area contributed by atoms with Crippen molar-refractivity contribution in [3.05, 3.63) is 71.5 Å². The predicted molar refractivity (Wildman–Crippen MR) is 209 cm³/mol. The number of rotatable bonds is 12. The van der Waals surface area contributed by atoms with Gasteiger partial charge in [0.2, 0.25) is 12.5 Å². The van der Waals surface area contributed by atoms with Crippen LogP contribution in [0, 0.1) is 0 Å². The van der Waals surface area contributed by atoms with Crippen LogP contribution in [0.3, 0.4) is 0 Å². The highest BCUT2D eigenvalue weighted by Crippen LogP contribution is 2.44. The molecule has 3 aliphatic rings. The highest BCUT2D eigenvalue weighted by Gasteiger charge is 2.29. The zero-order chi connectivity index (χ0) is 37.6. The van der Waals surface area contributed by atoms with Gasteiger partial charge in [0.15, 0.2) is 11.5 Å². The third-order valence-corrected chi connectivity index (χ3v) is 9.58. The summed E-state index contributed by atoms with van der Waals surface area (Å²) in [6.07, 6.45) is 25.4. The number of hydrogen-bond donors (Lipinski definition) is 1. The second-order valence-corrected chi connectivity index (χ2v) is 13.2. The Morgan fingerprint density at radius 3 is 2.61 bits per heavy atom. The van der Waals surface area contributed by atoms with Crippen molar-refractivity contribution < 1.29 is 28.9 Å². The summed E-state index contributed by atoms with van der Waals surface area (Å²) >= 11 is 0.796. The molecule has 1 fully saturated rings. The SMILES string of the molecule is CC.CCCCN(C)C1=CCC(CC)=CC=C1.COc1cc(C2CCCC(CCc3nccn3C)N(CC=O)C2)cc2c1OCO2.CSC(=O)O. The monoisotopic (exact) mass is 726 g/mol. The van der Waals surface area contributed by atoms with Crippen LogP contribution in [0.5, 0.6) is 17.2 Å². The molecule has 2 unspecified atom stereocenters. The molecule has 11 heteroatoms. The topological polar surface area (TPSA) is 106 Å². The lowest BCUT2D eigenvalue weighted by molar-refractivity contribution is -0.109. The van der Waals surface area contributed by atoms with E-state index in [9.17, 15) is 9.59 Å². The molecule has 2 aliphatic heterocycles. The van der Waals surface area contributed by atoms with Crippen LogP contribution in [0.2, 0.25) is 0 Å². The number of carbonyl (C=O) groups is 2. The van der Waals surface area contributed by atoms with E-state index < -0.39 is 5.30 Å². The van der Waals surface area contributed by atoms with Gasteiger partial charge in [-0.3, -0.25) is 4.90 Å². The number of hydrogen-bond acceptors (Lipinski definition) is 9. The number of fused-ring (bicyclic) bond motifs is 1. The van der Waals surface area contributed by atoms with Gasteiger partial charge in [0, 0.05) is 57.7 Å². The van der Waals surface area contributed by atoms with Crippen LogP contribution in [0.25, 0.3) is 0 Å². The first-order valence-corrected chi connectivity index (χ1v) is 19.6. The summed E-state index contributed by atoms with van der Waals surface area (Å²) in [4.78, 5) is 29.9. The fourth-order valence-corrected chi connectivity index (χ4v) is 6.27. The first-order valence-electron chi connectivity index (χ1n) is 18.4. The van der Waals surface area contributed by atoms with E-state index in [0.717, 1.165) is 87.7 Å². The molecule has 284 valence electrons. The van der Waals surface area contributed by atoms with E-state index in [1.165, 1.54) is 35.9 Å². The van der Waals surface area contributed by atoms with Crippen LogP contribution in [-0.2, 0) is 18.3 Å². The Hall–Kier alpha value is -3.70. The van der Waals surface area contributed by atoms with Crippen molar-refractivity contribution in [1.82, 2.24) is 19.4 Å². The van der Waals surface area contributed by atoms with Gasteiger partial charge in [-0.05, 0) is 86.2 Å². The Labute approximate surface area is 310 Å². The molecule has 10 nitrogen and oxygen atoms in total. The molecule has 1 N–H and O–H groups in total. The van der Waals surface area contributed by atoms with Gasteiger partial charge in [-0.25, -0.2) is 9.78 Å². The molecule has 2 aromatic rings. The number of carbonyl (C=O) groups excluding carboxylic acids is 1. The highest BCUT2D eigenvalue weighted by atomic mass is 32.2. The molecule has 1 saturated heterocycles. The molecule has 1 aromatic heterocycles. The third kappa shape index (κ3) is 14.4. The van der Waals surface area contributed by atoms with Gasteiger partial charge in [-0.15, -0.1) is 0 Å². The summed E-state index contributed by atoms with van der Waals surface area (Å²) in [7, 11) is 5.87. The average molecular weight is 727 g/mol. The number of methoxy groups -OCH3 is 1. The molecule has 0 amide bonds. The number of carboxylic acid groups (broad SMARTS) is 1. The average Bonchev–Trinajstić information content (AvgIpc) is 3.66. The number of nitrogens with zero attached hydrogens (tertiary/aromatic N) is 4. The number of aldehydes is 1. The summed E-state index contributed by atoms with van der Waals surface area (Å²) in [5.41, 5.74) is 4.07. The smallest absolute Gasteiger partial charge is 0.364 e. The first kappa shape index (κ1) is 43.5. The Bertz CT molecular complexity index is 1420. The van der Waals surface area contributed by atoms with Gasteiger partial charge in [0.25, 0.3) is 0 Å². The minimum atomic E-state index is -0.829. The fourth-order valence-electron chi connectivity index (χ4n) is 6.27. The largest absolute Gasteiger partial charge is 0.493 e. The number of aryl methyl sites for hydroxylation is 2. The Balaban J connectivity index is 0.000000343. The van der Waals surface area contributed by atoms with Crippen LogP contribution in [-0.4, -0.2) is 88.9 Å². The molecule has 1 aliphatic carbocycles. The van der Waals surface area contributed by atoms with Crippen molar-refractivity contribution in [2.24, 2.45) is 7.05 Å². The van der Waals surface area contributed by atoms with Crippen molar-refractivity contribution in [3.8, 4) is 17.2 Å². The molecule has 0 radical (unpaired) electrons. The molecule has 0 saturated carbocycles. The molecule has 51 heavy (non-hydrogen) atoms. The number of aromatic nitrogens is 2. The number of allylic oxidation sites excluding steroid dienone is 5. The van der Waals surface area contributed by atoms with Crippen LogP contribution in [0.4, 0.5) is 4.79 Å². The third-order valence-electron chi connectivity index (χ3n) is 9.23. The number of likely N-dealkylation sites (N-methyl/N-ethyl adjacent to an activating group) is 1. The summed E-state index contributed by atoms with van der Waals surface area (Å²) in [6, 6.07) is 4.52. The van der Waals surface area contributed by atoms with E-state index in [-0.39, 0.29) is 6.79 Å². The summed E-state index contributed by atoms with van der Waals surface area (Å²) in [6.45, 7) is 11.2. The van der Waals surface area contributed by atoms with Crippen molar-refractivity contribution >= 4 is 23.3 Å². The maximum Gasteiger partial charge on any atom is 0.364 e. The normalized spacial score (nSPS) is 17.8. The maximum absolute atomic E-state index is 11.4. The van der Waals surface area contributed by atoms with Crippen molar-refractivity contribution in [3.63, 3.8) is 0 Å². The van der Waals surface area contributed by atoms with Gasteiger partial charge < -0.3 is 33.6 Å². The lowest BCUT2D eigenvalue weighted by atomic mass is 9.93. The second-order valence-electron chi connectivity index (χ2n) is 12.5. The van der Waals surface area contributed by atoms with Crippen molar-refractivity contribution in [1.29, 1.82) is 0 Å². The molecule has 5 rings (SSSR count). The summed E-state index contributed by atoms with van der Waals surface area (Å²) < 4.78 is 18.7. The summed E-state index contributed by atoms with van der Waals surface area (Å²) in [5, 5.41) is 6.86. The first-order chi connectivity index (χ1) is 24.7. The van der Waals surface area contributed by atoms with Gasteiger partial charge in [0.1, 0.15) is 12.1 Å². The van der Waals surface area contributed by atoms with Crippen LogP contribution >= 0.6 is 11.8 Å².